The first-order valence-electron chi connectivity index (χ1n) is 10.8. The van der Waals surface area contributed by atoms with Crippen LogP contribution in [0.25, 0.3) is 0 Å². The molecule has 0 saturated heterocycles. The van der Waals surface area contributed by atoms with E-state index < -0.39 is 6.04 Å². The van der Waals surface area contributed by atoms with Crippen LogP contribution in [0.15, 0.2) is 42.5 Å². The highest BCUT2D eigenvalue weighted by molar-refractivity contribution is 6.30. The monoisotopic (exact) mass is 444 g/mol. The van der Waals surface area contributed by atoms with Gasteiger partial charge in [-0.1, -0.05) is 55.3 Å². The molecule has 0 aromatic heterocycles. The van der Waals surface area contributed by atoms with Gasteiger partial charge in [0.05, 0.1) is 0 Å². The van der Waals surface area contributed by atoms with Gasteiger partial charge in [0, 0.05) is 17.6 Å². The number of ether oxygens (including phenoxy) is 1. The van der Waals surface area contributed by atoms with Gasteiger partial charge >= 0.3 is 0 Å². The molecule has 2 aromatic rings. The Kier molecular flexibility index (Phi) is 9.38. The highest BCUT2D eigenvalue weighted by Gasteiger charge is 2.29. The first kappa shape index (κ1) is 24.7. The van der Waals surface area contributed by atoms with E-state index in [1.807, 2.05) is 65.0 Å². The molecule has 0 radical (unpaired) electrons. The first-order chi connectivity index (χ1) is 14.7. The van der Waals surface area contributed by atoms with E-state index in [0.717, 1.165) is 23.1 Å². The molecule has 0 bridgehead atoms. The molecule has 6 heteroatoms. The Morgan fingerprint density at radius 3 is 2.32 bits per heavy atom. The van der Waals surface area contributed by atoms with Crippen molar-refractivity contribution < 1.29 is 14.3 Å². The number of nitrogens with zero attached hydrogens (tertiary/aromatic N) is 1. The maximum Gasteiger partial charge on any atom is 0.261 e. The van der Waals surface area contributed by atoms with Crippen molar-refractivity contribution in [3.8, 4) is 5.75 Å². The number of hydrogen-bond donors (Lipinski definition) is 1. The van der Waals surface area contributed by atoms with E-state index in [0.29, 0.717) is 23.7 Å². The number of halogens is 1. The maximum absolute atomic E-state index is 13.2. The third-order valence-electron chi connectivity index (χ3n) is 5.33. The predicted octanol–water partition coefficient (Wildman–Crippen LogP) is 5.06. The van der Waals surface area contributed by atoms with Crippen LogP contribution in [0, 0.1) is 13.8 Å². The van der Waals surface area contributed by atoms with Crippen molar-refractivity contribution in [1.82, 2.24) is 10.2 Å². The second-order valence-electron chi connectivity index (χ2n) is 7.95. The SMILES string of the molecule is CC[C@H](C)NC(=O)[C@H](CC)N(Cc1ccc(Cl)cc1)C(=O)COc1ccc(C)cc1C. The minimum Gasteiger partial charge on any atom is -0.483 e. The quantitative estimate of drug-likeness (QED) is 0.557. The lowest BCUT2D eigenvalue weighted by atomic mass is 10.1. The predicted molar refractivity (Wildman–Crippen MR) is 125 cm³/mol. The number of benzene rings is 2. The van der Waals surface area contributed by atoms with E-state index in [1.165, 1.54) is 0 Å². The Morgan fingerprint density at radius 2 is 1.74 bits per heavy atom. The fourth-order valence-corrected chi connectivity index (χ4v) is 3.46. The van der Waals surface area contributed by atoms with Gasteiger partial charge in [0.2, 0.25) is 5.91 Å². The lowest BCUT2D eigenvalue weighted by Crippen LogP contribution is -2.51. The van der Waals surface area contributed by atoms with E-state index in [9.17, 15) is 9.59 Å². The van der Waals surface area contributed by atoms with Crippen LogP contribution in [-0.2, 0) is 16.1 Å². The van der Waals surface area contributed by atoms with E-state index in [1.54, 1.807) is 17.0 Å². The second kappa shape index (κ2) is 11.8. The number of rotatable bonds is 10. The van der Waals surface area contributed by atoms with Crippen molar-refractivity contribution in [2.24, 2.45) is 0 Å². The molecular weight excluding hydrogens is 412 g/mol. The van der Waals surface area contributed by atoms with Crippen LogP contribution in [0.3, 0.4) is 0 Å². The van der Waals surface area contributed by atoms with Gasteiger partial charge in [0.15, 0.2) is 6.61 Å². The van der Waals surface area contributed by atoms with Gasteiger partial charge < -0.3 is 15.0 Å². The molecule has 31 heavy (non-hydrogen) atoms. The molecule has 0 aliphatic heterocycles. The van der Waals surface area contributed by atoms with E-state index in [4.69, 9.17) is 16.3 Å². The number of amides is 2. The molecule has 0 saturated carbocycles. The highest BCUT2D eigenvalue weighted by atomic mass is 35.5. The van der Waals surface area contributed by atoms with Crippen molar-refractivity contribution >= 4 is 23.4 Å². The molecule has 5 nitrogen and oxygen atoms in total. The summed E-state index contributed by atoms with van der Waals surface area (Å²) in [7, 11) is 0. The van der Waals surface area contributed by atoms with Crippen LogP contribution >= 0.6 is 11.6 Å². The highest BCUT2D eigenvalue weighted by Crippen LogP contribution is 2.20. The average molecular weight is 445 g/mol. The zero-order valence-corrected chi connectivity index (χ0v) is 19.8. The molecule has 0 aliphatic rings. The van der Waals surface area contributed by atoms with Crippen molar-refractivity contribution in [3.63, 3.8) is 0 Å². The number of aryl methyl sites for hydroxylation is 2. The summed E-state index contributed by atoms with van der Waals surface area (Å²) in [6, 6.07) is 12.6. The summed E-state index contributed by atoms with van der Waals surface area (Å²) in [6.07, 6.45) is 1.33. The fraction of sp³-hybridized carbons (Fsp3) is 0.440. The van der Waals surface area contributed by atoms with Gasteiger partial charge in [-0.2, -0.15) is 0 Å². The molecule has 0 spiro atoms. The van der Waals surface area contributed by atoms with Crippen LogP contribution in [0.1, 0.15) is 50.3 Å². The van der Waals surface area contributed by atoms with Crippen LogP contribution in [-0.4, -0.2) is 35.4 Å². The van der Waals surface area contributed by atoms with Gasteiger partial charge in [-0.3, -0.25) is 9.59 Å². The summed E-state index contributed by atoms with van der Waals surface area (Å²) in [5.74, 6) is 0.286. The normalized spacial score (nSPS) is 12.7. The van der Waals surface area contributed by atoms with E-state index in [2.05, 4.69) is 5.32 Å². The Morgan fingerprint density at radius 1 is 1.06 bits per heavy atom. The minimum atomic E-state index is -0.583. The van der Waals surface area contributed by atoms with Gasteiger partial charge in [0.1, 0.15) is 11.8 Å². The lowest BCUT2D eigenvalue weighted by Gasteiger charge is -2.31. The van der Waals surface area contributed by atoms with Crippen molar-refractivity contribution in [2.75, 3.05) is 6.61 Å². The number of hydrogen-bond acceptors (Lipinski definition) is 3. The van der Waals surface area contributed by atoms with Crippen molar-refractivity contribution in [1.29, 1.82) is 0 Å². The zero-order chi connectivity index (χ0) is 23.0. The van der Waals surface area contributed by atoms with Crippen molar-refractivity contribution in [3.05, 3.63) is 64.2 Å². The molecule has 2 amide bonds. The first-order valence-corrected chi connectivity index (χ1v) is 11.2. The third kappa shape index (κ3) is 7.28. The Balaban J connectivity index is 2.22. The van der Waals surface area contributed by atoms with Gasteiger partial charge in [0.25, 0.3) is 5.91 Å². The van der Waals surface area contributed by atoms with Gasteiger partial charge in [-0.25, -0.2) is 0 Å². The molecule has 2 aromatic carbocycles. The number of nitrogens with one attached hydrogen (secondary N) is 1. The zero-order valence-electron chi connectivity index (χ0n) is 19.1. The molecule has 2 atom stereocenters. The Bertz CT molecular complexity index is 883. The molecule has 0 aliphatic carbocycles. The molecule has 0 heterocycles. The maximum atomic E-state index is 13.2. The number of carbonyl (C=O) groups is 2. The summed E-state index contributed by atoms with van der Waals surface area (Å²) < 4.78 is 5.82. The van der Waals surface area contributed by atoms with E-state index >= 15 is 0 Å². The fourth-order valence-electron chi connectivity index (χ4n) is 3.33. The third-order valence-corrected chi connectivity index (χ3v) is 5.59. The van der Waals surface area contributed by atoms with Gasteiger partial charge in [-0.05, 0) is 62.9 Å². The van der Waals surface area contributed by atoms with Crippen LogP contribution in [0.4, 0.5) is 0 Å². The molecule has 1 N–H and O–H groups in total. The Labute approximate surface area is 190 Å². The largest absolute Gasteiger partial charge is 0.483 e. The Hall–Kier alpha value is -2.53. The summed E-state index contributed by atoms with van der Waals surface area (Å²) in [4.78, 5) is 27.8. The molecule has 2 rings (SSSR count). The summed E-state index contributed by atoms with van der Waals surface area (Å²) in [5, 5.41) is 3.63. The molecular formula is C25H33ClN2O3. The molecule has 168 valence electrons. The average Bonchev–Trinajstić information content (AvgIpc) is 2.74. The van der Waals surface area contributed by atoms with Crippen LogP contribution in [0.2, 0.25) is 5.02 Å². The van der Waals surface area contributed by atoms with E-state index in [-0.39, 0.29) is 24.5 Å². The van der Waals surface area contributed by atoms with Gasteiger partial charge in [-0.15, -0.1) is 0 Å². The second-order valence-corrected chi connectivity index (χ2v) is 8.38. The number of carbonyl (C=O) groups excluding carboxylic acids is 2. The molecule has 0 fully saturated rings. The van der Waals surface area contributed by atoms with Crippen LogP contribution in [0.5, 0.6) is 5.75 Å². The molecule has 0 unspecified atom stereocenters. The summed E-state index contributed by atoms with van der Waals surface area (Å²) >= 11 is 6.00. The summed E-state index contributed by atoms with van der Waals surface area (Å²) in [5.41, 5.74) is 3.01. The summed E-state index contributed by atoms with van der Waals surface area (Å²) in [6.45, 7) is 10.0. The smallest absolute Gasteiger partial charge is 0.261 e. The van der Waals surface area contributed by atoms with Crippen LogP contribution < -0.4 is 10.1 Å². The lowest BCUT2D eigenvalue weighted by molar-refractivity contribution is -0.143. The minimum absolute atomic E-state index is 0.0421. The van der Waals surface area contributed by atoms with Crippen molar-refractivity contribution in [2.45, 2.75) is 66.1 Å². The topological polar surface area (TPSA) is 58.6 Å². The standard InChI is InChI=1S/C25H33ClN2O3/c1-6-19(5)27-25(30)22(7-2)28(15-20-9-11-21(26)12-10-20)24(29)16-31-23-13-8-17(3)14-18(23)4/h8-14,19,22H,6-7,15-16H2,1-5H3,(H,27,30)/t19-,22-/m0/s1.